The number of phenols is 1. The van der Waals surface area contributed by atoms with Crippen LogP contribution in [0.15, 0.2) is 24.3 Å². The molecule has 2 amide bonds. The molecule has 0 saturated carbocycles. The van der Waals surface area contributed by atoms with Crippen LogP contribution < -0.4 is 10.6 Å². The molecule has 1 aromatic carbocycles. The molecular formula is C13H20N2O3. The van der Waals surface area contributed by atoms with Crippen molar-refractivity contribution in [3.63, 3.8) is 0 Å². The van der Waals surface area contributed by atoms with E-state index >= 15 is 0 Å². The van der Waals surface area contributed by atoms with E-state index in [0.717, 1.165) is 5.56 Å². The maximum Gasteiger partial charge on any atom is 0.315 e. The highest BCUT2D eigenvalue weighted by atomic mass is 16.3. The van der Waals surface area contributed by atoms with Crippen LogP contribution in [0.1, 0.15) is 19.4 Å². The van der Waals surface area contributed by atoms with Crippen LogP contribution in [0.5, 0.6) is 5.75 Å². The van der Waals surface area contributed by atoms with Crippen molar-refractivity contribution in [1.82, 2.24) is 10.6 Å². The van der Waals surface area contributed by atoms with Crippen LogP contribution in [0.4, 0.5) is 4.79 Å². The SMILES string of the molecule is CC(CO)C(C)NC(=O)NCc1ccc(O)cc1. The van der Waals surface area contributed by atoms with E-state index in [4.69, 9.17) is 10.2 Å². The number of hydrogen-bond donors (Lipinski definition) is 4. The highest BCUT2D eigenvalue weighted by molar-refractivity contribution is 5.74. The molecule has 1 aromatic rings. The maximum atomic E-state index is 11.6. The molecule has 0 aliphatic carbocycles. The van der Waals surface area contributed by atoms with Gasteiger partial charge in [-0.25, -0.2) is 4.79 Å². The molecule has 0 spiro atoms. The summed E-state index contributed by atoms with van der Waals surface area (Å²) in [4.78, 5) is 11.6. The maximum absolute atomic E-state index is 11.6. The van der Waals surface area contributed by atoms with Crippen LogP contribution >= 0.6 is 0 Å². The van der Waals surface area contributed by atoms with Crippen molar-refractivity contribution in [2.45, 2.75) is 26.4 Å². The molecule has 0 aromatic heterocycles. The molecule has 5 nitrogen and oxygen atoms in total. The molecule has 100 valence electrons. The number of carbonyl (C=O) groups excluding carboxylic acids is 1. The predicted molar refractivity (Wildman–Crippen MR) is 69.2 cm³/mol. The first-order valence-electron chi connectivity index (χ1n) is 5.96. The van der Waals surface area contributed by atoms with E-state index < -0.39 is 0 Å². The zero-order valence-electron chi connectivity index (χ0n) is 10.7. The van der Waals surface area contributed by atoms with Gasteiger partial charge >= 0.3 is 6.03 Å². The Bertz CT molecular complexity index is 378. The fourth-order valence-electron chi connectivity index (χ4n) is 1.35. The minimum Gasteiger partial charge on any atom is -0.508 e. The summed E-state index contributed by atoms with van der Waals surface area (Å²) < 4.78 is 0. The molecule has 0 aliphatic heterocycles. The number of hydrogen-bond acceptors (Lipinski definition) is 3. The van der Waals surface area contributed by atoms with Gasteiger partial charge in [0.05, 0.1) is 0 Å². The number of aliphatic hydroxyl groups excluding tert-OH is 1. The van der Waals surface area contributed by atoms with Crippen LogP contribution in [0, 0.1) is 5.92 Å². The second kappa shape index (κ2) is 6.86. The van der Waals surface area contributed by atoms with Crippen LogP contribution in [-0.2, 0) is 6.54 Å². The lowest BCUT2D eigenvalue weighted by Gasteiger charge is -2.19. The fraction of sp³-hybridized carbons (Fsp3) is 0.462. The van der Waals surface area contributed by atoms with Gasteiger partial charge in [0.25, 0.3) is 0 Å². The summed E-state index contributed by atoms with van der Waals surface area (Å²) in [6.45, 7) is 4.15. The van der Waals surface area contributed by atoms with Gasteiger partial charge in [-0.15, -0.1) is 0 Å². The van der Waals surface area contributed by atoms with Crippen molar-refractivity contribution < 1.29 is 15.0 Å². The standard InChI is InChI=1S/C13H20N2O3/c1-9(8-16)10(2)15-13(18)14-7-11-3-5-12(17)6-4-11/h3-6,9-10,16-17H,7-8H2,1-2H3,(H2,14,15,18). The molecule has 4 N–H and O–H groups in total. The number of rotatable bonds is 5. The molecule has 0 saturated heterocycles. The van der Waals surface area contributed by atoms with Gasteiger partial charge in [-0.1, -0.05) is 19.1 Å². The van der Waals surface area contributed by atoms with E-state index in [0.29, 0.717) is 6.54 Å². The Morgan fingerprint density at radius 1 is 1.28 bits per heavy atom. The third kappa shape index (κ3) is 4.63. The van der Waals surface area contributed by atoms with E-state index in [-0.39, 0.29) is 30.3 Å². The zero-order valence-corrected chi connectivity index (χ0v) is 10.7. The molecule has 0 aliphatic rings. The Kier molecular flexibility index (Phi) is 5.45. The lowest BCUT2D eigenvalue weighted by atomic mass is 10.1. The van der Waals surface area contributed by atoms with Crippen molar-refractivity contribution in [2.75, 3.05) is 6.61 Å². The highest BCUT2D eigenvalue weighted by Gasteiger charge is 2.13. The second-order valence-corrected chi connectivity index (χ2v) is 4.44. The summed E-state index contributed by atoms with van der Waals surface area (Å²) in [7, 11) is 0. The van der Waals surface area contributed by atoms with Gasteiger partial charge in [0.1, 0.15) is 5.75 Å². The Balaban J connectivity index is 2.35. The lowest BCUT2D eigenvalue weighted by molar-refractivity contribution is 0.200. The number of urea groups is 1. The van der Waals surface area contributed by atoms with Gasteiger partial charge in [-0.3, -0.25) is 0 Å². The molecule has 0 bridgehead atoms. The van der Waals surface area contributed by atoms with Gasteiger partial charge in [-0.05, 0) is 30.5 Å². The number of aliphatic hydroxyl groups is 1. The normalized spacial score (nSPS) is 13.7. The molecule has 2 unspecified atom stereocenters. The molecule has 5 heteroatoms. The molecule has 1 rings (SSSR count). The highest BCUT2D eigenvalue weighted by Crippen LogP contribution is 2.09. The summed E-state index contributed by atoms with van der Waals surface area (Å²) in [5.74, 6) is 0.220. The third-order valence-electron chi connectivity index (χ3n) is 2.89. The first-order valence-corrected chi connectivity index (χ1v) is 5.96. The zero-order chi connectivity index (χ0) is 13.5. The Morgan fingerprint density at radius 2 is 1.89 bits per heavy atom. The summed E-state index contributed by atoms with van der Waals surface area (Å²) in [6, 6.07) is 6.28. The van der Waals surface area contributed by atoms with Gasteiger partial charge in [0, 0.05) is 19.2 Å². The van der Waals surface area contributed by atoms with Crippen molar-refractivity contribution in [3.8, 4) is 5.75 Å². The van der Waals surface area contributed by atoms with Crippen LogP contribution in [0.25, 0.3) is 0 Å². The van der Waals surface area contributed by atoms with Crippen molar-refractivity contribution >= 4 is 6.03 Å². The number of nitrogens with one attached hydrogen (secondary N) is 2. The van der Waals surface area contributed by atoms with Crippen molar-refractivity contribution in [2.24, 2.45) is 5.92 Å². The molecule has 0 heterocycles. The number of aromatic hydroxyl groups is 1. The summed E-state index contributed by atoms with van der Waals surface area (Å²) in [5, 5.41) is 23.5. The molecule has 0 fully saturated rings. The molecular weight excluding hydrogens is 232 g/mol. The average molecular weight is 252 g/mol. The predicted octanol–water partition coefficient (Wildman–Crippen LogP) is 1.21. The largest absolute Gasteiger partial charge is 0.508 e. The summed E-state index contributed by atoms with van der Waals surface area (Å²) >= 11 is 0. The van der Waals surface area contributed by atoms with E-state index in [9.17, 15) is 4.79 Å². The Morgan fingerprint density at radius 3 is 2.44 bits per heavy atom. The Hall–Kier alpha value is -1.75. The summed E-state index contributed by atoms with van der Waals surface area (Å²) in [5.41, 5.74) is 0.908. The smallest absolute Gasteiger partial charge is 0.315 e. The quantitative estimate of drug-likeness (QED) is 0.635. The van der Waals surface area contributed by atoms with Crippen LogP contribution in [0.2, 0.25) is 0 Å². The first-order chi connectivity index (χ1) is 8.52. The van der Waals surface area contributed by atoms with Crippen LogP contribution in [-0.4, -0.2) is 28.9 Å². The fourth-order valence-corrected chi connectivity index (χ4v) is 1.35. The van der Waals surface area contributed by atoms with Gasteiger partial charge in [-0.2, -0.15) is 0 Å². The third-order valence-corrected chi connectivity index (χ3v) is 2.89. The topological polar surface area (TPSA) is 81.6 Å². The number of phenolic OH excluding ortho intramolecular Hbond substituents is 1. The molecule has 0 radical (unpaired) electrons. The second-order valence-electron chi connectivity index (χ2n) is 4.44. The van der Waals surface area contributed by atoms with Gasteiger partial charge < -0.3 is 20.8 Å². The first kappa shape index (κ1) is 14.3. The Labute approximate surface area is 107 Å². The minimum absolute atomic E-state index is 0.0180. The van der Waals surface area contributed by atoms with Gasteiger partial charge in [0.2, 0.25) is 0 Å². The lowest BCUT2D eigenvalue weighted by Crippen LogP contribution is -2.43. The average Bonchev–Trinajstić information content (AvgIpc) is 2.37. The van der Waals surface area contributed by atoms with E-state index in [1.807, 2.05) is 13.8 Å². The van der Waals surface area contributed by atoms with E-state index in [1.165, 1.54) is 0 Å². The van der Waals surface area contributed by atoms with Crippen molar-refractivity contribution in [3.05, 3.63) is 29.8 Å². The minimum atomic E-state index is -0.268. The monoisotopic (exact) mass is 252 g/mol. The summed E-state index contributed by atoms with van der Waals surface area (Å²) in [6.07, 6.45) is 0. The molecule has 2 atom stereocenters. The van der Waals surface area contributed by atoms with E-state index in [2.05, 4.69) is 10.6 Å². The molecule has 18 heavy (non-hydrogen) atoms. The van der Waals surface area contributed by atoms with Gasteiger partial charge in [0.15, 0.2) is 0 Å². The van der Waals surface area contributed by atoms with E-state index in [1.54, 1.807) is 24.3 Å². The number of amides is 2. The number of benzene rings is 1. The van der Waals surface area contributed by atoms with Crippen LogP contribution in [0.3, 0.4) is 0 Å². The van der Waals surface area contributed by atoms with Crippen molar-refractivity contribution in [1.29, 1.82) is 0 Å². The number of carbonyl (C=O) groups is 1.